The van der Waals surface area contributed by atoms with Gasteiger partial charge in [-0.1, -0.05) is 25.4 Å². The molecule has 10 heteroatoms. The number of primary amides is 1. The average molecular weight is 461 g/mol. The number of anilines is 1. The lowest BCUT2D eigenvalue weighted by Gasteiger charge is -2.30. The molecule has 1 saturated carbocycles. The van der Waals surface area contributed by atoms with Gasteiger partial charge in [-0.3, -0.25) is 19.4 Å². The van der Waals surface area contributed by atoms with Crippen LogP contribution in [-0.2, 0) is 4.79 Å². The van der Waals surface area contributed by atoms with Crippen LogP contribution < -0.4 is 15.8 Å². The van der Waals surface area contributed by atoms with Crippen LogP contribution in [0.25, 0.3) is 0 Å². The summed E-state index contributed by atoms with van der Waals surface area (Å²) in [5.74, 6) is -2.68. The van der Waals surface area contributed by atoms with Crippen molar-refractivity contribution in [3.05, 3.63) is 52.6 Å². The normalized spacial score (nSPS) is 22.8. The maximum atomic E-state index is 14.4. The lowest BCUT2D eigenvalue weighted by Crippen LogP contribution is -2.47. The smallest absolute Gasteiger partial charge is 0.267 e. The molecule has 0 spiro atoms. The van der Waals surface area contributed by atoms with E-state index in [0.717, 1.165) is 0 Å². The fourth-order valence-electron chi connectivity index (χ4n) is 4.71. The Labute approximate surface area is 188 Å². The van der Waals surface area contributed by atoms with Crippen LogP contribution in [0.4, 0.5) is 10.1 Å². The van der Waals surface area contributed by atoms with Gasteiger partial charge in [0, 0.05) is 18.4 Å². The van der Waals surface area contributed by atoms with Gasteiger partial charge in [0.1, 0.15) is 11.7 Å². The van der Waals surface area contributed by atoms with Gasteiger partial charge in [0.2, 0.25) is 5.91 Å². The fraction of sp³-hybridized carbons (Fsp3) is 0.364. The van der Waals surface area contributed by atoms with Gasteiger partial charge in [-0.05, 0) is 41.5 Å². The van der Waals surface area contributed by atoms with E-state index in [2.05, 4.69) is 10.3 Å². The summed E-state index contributed by atoms with van der Waals surface area (Å²) in [6.07, 6.45) is 1.36. The molecule has 2 heterocycles. The molecule has 3 atom stereocenters. The highest BCUT2D eigenvalue weighted by atomic mass is 35.5. The first-order chi connectivity index (χ1) is 15.1. The minimum atomic E-state index is -0.832. The Morgan fingerprint density at radius 1 is 1.31 bits per heavy atom. The predicted molar refractivity (Wildman–Crippen MR) is 115 cm³/mol. The minimum absolute atomic E-state index is 0.00755. The molecule has 168 valence electrons. The first kappa shape index (κ1) is 22.0. The maximum absolute atomic E-state index is 14.4. The van der Waals surface area contributed by atoms with E-state index in [0.29, 0.717) is 12.2 Å². The molecule has 3 N–H and O–H groups in total. The van der Waals surface area contributed by atoms with Crippen molar-refractivity contribution < 1.29 is 23.5 Å². The van der Waals surface area contributed by atoms with Crippen molar-refractivity contribution in [1.29, 1.82) is 0 Å². The maximum Gasteiger partial charge on any atom is 0.267 e. The summed E-state index contributed by atoms with van der Waals surface area (Å²) in [6, 6.07) is 4.78. The number of ether oxygens (including phenoxy) is 1. The molecule has 0 unspecified atom stereocenters. The monoisotopic (exact) mass is 460 g/mol. The number of methoxy groups -OCH3 is 1. The van der Waals surface area contributed by atoms with E-state index >= 15 is 0 Å². The van der Waals surface area contributed by atoms with Crippen LogP contribution in [-0.4, -0.2) is 47.3 Å². The van der Waals surface area contributed by atoms with Gasteiger partial charge < -0.3 is 20.7 Å². The van der Waals surface area contributed by atoms with E-state index in [1.807, 2.05) is 13.8 Å². The number of halogens is 2. The summed E-state index contributed by atoms with van der Waals surface area (Å²) in [6.45, 7) is 4.44. The molecular formula is C22H22ClFN4O4. The molecule has 1 aliphatic carbocycles. The number of nitrogens with two attached hydrogens (primary N) is 1. The largest absolute Gasteiger partial charge is 0.493 e. The van der Waals surface area contributed by atoms with E-state index in [4.69, 9.17) is 22.1 Å². The Bertz CT molecular complexity index is 1140. The van der Waals surface area contributed by atoms with Gasteiger partial charge >= 0.3 is 0 Å². The molecule has 2 aliphatic rings. The molecule has 1 aromatic heterocycles. The zero-order valence-corrected chi connectivity index (χ0v) is 18.4. The summed E-state index contributed by atoms with van der Waals surface area (Å²) in [5.41, 5.74) is 5.47. The number of fused-ring (bicyclic) bond motifs is 1. The SMILES string of the molecule is COc1c(C(=O)N2C[C@H]3[C@@H]([C@H]2C(=O)Nc2ccnc(C(N)=O)c2)C3(C)C)ccc(Cl)c1F. The van der Waals surface area contributed by atoms with Crippen molar-refractivity contribution in [3.8, 4) is 5.75 Å². The number of aromatic nitrogens is 1. The number of pyridine rings is 1. The molecule has 32 heavy (non-hydrogen) atoms. The number of hydrogen-bond acceptors (Lipinski definition) is 5. The molecule has 3 amide bonds. The molecule has 1 aromatic carbocycles. The quantitative estimate of drug-likeness (QED) is 0.712. The number of benzene rings is 1. The Balaban J connectivity index is 1.64. The van der Waals surface area contributed by atoms with E-state index in [9.17, 15) is 18.8 Å². The summed E-state index contributed by atoms with van der Waals surface area (Å²) in [5, 5.41) is 2.59. The van der Waals surface area contributed by atoms with Gasteiger partial charge in [-0.25, -0.2) is 4.39 Å². The highest BCUT2D eigenvalue weighted by Crippen LogP contribution is 2.65. The van der Waals surface area contributed by atoms with Crippen molar-refractivity contribution in [2.75, 3.05) is 19.0 Å². The van der Waals surface area contributed by atoms with Gasteiger partial charge in [0.15, 0.2) is 11.6 Å². The number of rotatable bonds is 5. The predicted octanol–water partition coefficient (Wildman–Crippen LogP) is 2.72. The van der Waals surface area contributed by atoms with Gasteiger partial charge in [-0.15, -0.1) is 0 Å². The summed E-state index contributed by atoms with van der Waals surface area (Å²) < 4.78 is 19.5. The minimum Gasteiger partial charge on any atom is -0.493 e. The molecule has 1 saturated heterocycles. The van der Waals surface area contributed by atoms with E-state index < -0.39 is 29.6 Å². The number of hydrogen-bond donors (Lipinski definition) is 2. The number of piperidine rings is 1. The molecule has 0 radical (unpaired) electrons. The molecule has 0 bridgehead atoms. The van der Waals surface area contributed by atoms with Gasteiger partial charge in [-0.2, -0.15) is 0 Å². The van der Waals surface area contributed by atoms with Crippen molar-refractivity contribution in [1.82, 2.24) is 9.88 Å². The Morgan fingerprint density at radius 3 is 2.69 bits per heavy atom. The van der Waals surface area contributed by atoms with Gasteiger partial charge in [0.05, 0.1) is 17.7 Å². The second-order valence-electron chi connectivity index (χ2n) is 8.58. The van der Waals surface area contributed by atoms with Crippen LogP contribution in [0.3, 0.4) is 0 Å². The van der Waals surface area contributed by atoms with Crippen molar-refractivity contribution in [2.45, 2.75) is 19.9 Å². The molecule has 8 nitrogen and oxygen atoms in total. The van der Waals surface area contributed by atoms with Crippen LogP contribution in [0, 0.1) is 23.1 Å². The van der Waals surface area contributed by atoms with Crippen LogP contribution in [0.2, 0.25) is 5.02 Å². The lowest BCUT2D eigenvalue weighted by molar-refractivity contribution is -0.120. The van der Waals surface area contributed by atoms with E-state index in [1.54, 1.807) is 0 Å². The molecule has 2 aromatic rings. The standard InChI is InChI=1S/C22H22ClFN4O4/c1-22(2)12-9-28(21(31)11-4-5-13(23)16(24)18(11)32-3)17(15(12)22)20(30)27-10-6-7-26-14(8-10)19(25)29/h4-8,12,15,17H,9H2,1-3H3,(H2,25,29)(H,26,27,30)/t12-,15-,17-/m0/s1. The second-order valence-corrected chi connectivity index (χ2v) is 8.99. The third-order valence-corrected chi connectivity index (χ3v) is 6.79. The lowest BCUT2D eigenvalue weighted by atomic mass is 9.99. The topological polar surface area (TPSA) is 115 Å². The van der Waals surface area contributed by atoms with Crippen LogP contribution >= 0.6 is 11.6 Å². The van der Waals surface area contributed by atoms with Crippen molar-refractivity contribution in [3.63, 3.8) is 0 Å². The fourth-order valence-corrected chi connectivity index (χ4v) is 4.86. The van der Waals surface area contributed by atoms with Crippen molar-refractivity contribution in [2.24, 2.45) is 23.0 Å². The zero-order chi connectivity index (χ0) is 23.4. The number of carbonyl (C=O) groups excluding carboxylic acids is 3. The third-order valence-electron chi connectivity index (χ3n) is 6.50. The second kappa shape index (κ2) is 7.74. The first-order valence-electron chi connectivity index (χ1n) is 9.97. The highest BCUT2D eigenvalue weighted by molar-refractivity contribution is 6.31. The molecule has 1 aliphatic heterocycles. The summed E-state index contributed by atoms with van der Waals surface area (Å²) >= 11 is 5.82. The Morgan fingerprint density at radius 2 is 2.03 bits per heavy atom. The van der Waals surface area contributed by atoms with E-state index in [1.165, 1.54) is 42.5 Å². The van der Waals surface area contributed by atoms with Crippen LogP contribution in [0.15, 0.2) is 30.5 Å². The Hall–Kier alpha value is -3.20. The number of likely N-dealkylation sites (tertiary alicyclic amines) is 1. The third kappa shape index (κ3) is 3.46. The number of amides is 3. The summed E-state index contributed by atoms with van der Waals surface area (Å²) in [7, 11) is 1.25. The van der Waals surface area contributed by atoms with Crippen LogP contribution in [0.1, 0.15) is 34.7 Å². The molecular weight excluding hydrogens is 439 g/mol. The average Bonchev–Trinajstić information content (AvgIpc) is 3.10. The van der Waals surface area contributed by atoms with Crippen molar-refractivity contribution >= 4 is 35.0 Å². The zero-order valence-electron chi connectivity index (χ0n) is 17.7. The number of carbonyl (C=O) groups is 3. The highest BCUT2D eigenvalue weighted by Gasteiger charge is 2.69. The summed E-state index contributed by atoms with van der Waals surface area (Å²) in [4.78, 5) is 43.3. The molecule has 4 rings (SSSR count). The van der Waals surface area contributed by atoms with Crippen LogP contribution in [0.5, 0.6) is 5.75 Å². The number of nitrogens with one attached hydrogen (secondary N) is 1. The molecule has 2 fully saturated rings. The van der Waals surface area contributed by atoms with Gasteiger partial charge in [0.25, 0.3) is 11.8 Å². The first-order valence-corrected chi connectivity index (χ1v) is 10.4. The number of nitrogens with zero attached hydrogens (tertiary/aromatic N) is 2. The van der Waals surface area contributed by atoms with E-state index in [-0.39, 0.29) is 39.3 Å². The Kier molecular flexibility index (Phi) is 5.32.